The van der Waals surface area contributed by atoms with Gasteiger partial charge in [-0.25, -0.2) is 14.4 Å². The van der Waals surface area contributed by atoms with Crippen molar-refractivity contribution in [2.24, 2.45) is 0 Å². The summed E-state index contributed by atoms with van der Waals surface area (Å²) >= 11 is 0. The molecule has 1 aliphatic rings. The highest BCUT2D eigenvalue weighted by Crippen LogP contribution is 2.23. The number of benzene rings is 2. The van der Waals surface area contributed by atoms with Crippen LogP contribution >= 0.6 is 0 Å². The largest absolute Gasteiger partial charge is 0.356 e. The Kier molecular flexibility index (Phi) is 5.88. The molecule has 0 spiro atoms. The lowest BCUT2D eigenvalue weighted by Crippen LogP contribution is -2.30. The van der Waals surface area contributed by atoms with Gasteiger partial charge in [-0.1, -0.05) is 6.07 Å². The molecular weight excluding hydrogens is 381 g/mol. The van der Waals surface area contributed by atoms with Crippen molar-refractivity contribution in [1.82, 2.24) is 9.97 Å². The number of carbonyl (C=O) groups excluding carboxylic acids is 1. The van der Waals surface area contributed by atoms with Crippen LogP contribution in [0.25, 0.3) is 0 Å². The molecule has 2 heterocycles. The summed E-state index contributed by atoms with van der Waals surface area (Å²) in [6.45, 7) is 3.94. The highest BCUT2D eigenvalue weighted by atomic mass is 19.1. The Bertz CT molecular complexity index is 1030. The van der Waals surface area contributed by atoms with E-state index in [1.165, 1.54) is 37.5 Å². The van der Waals surface area contributed by atoms with Gasteiger partial charge >= 0.3 is 0 Å². The third kappa shape index (κ3) is 4.92. The Labute approximate surface area is 175 Å². The smallest absolute Gasteiger partial charge is 0.255 e. The van der Waals surface area contributed by atoms with Gasteiger partial charge in [-0.15, -0.1) is 0 Å². The summed E-state index contributed by atoms with van der Waals surface area (Å²) in [4.78, 5) is 23.6. The van der Waals surface area contributed by atoms with Crippen LogP contribution in [0, 0.1) is 12.7 Å². The Morgan fingerprint density at radius 1 is 0.967 bits per heavy atom. The normalized spacial score (nSPS) is 13.7. The fourth-order valence-electron chi connectivity index (χ4n) is 3.52. The van der Waals surface area contributed by atoms with E-state index in [0.717, 1.165) is 36.2 Å². The van der Waals surface area contributed by atoms with Crippen LogP contribution in [0.3, 0.4) is 0 Å². The van der Waals surface area contributed by atoms with Gasteiger partial charge in [0, 0.05) is 36.1 Å². The molecule has 0 saturated carbocycles. The third-order valence-corrected chi connectivity index (χ3v) is 5.01. The molecule has 0 bridgehead atoms. The molecule has 3 aromatic rings. The molecule has 0 atom stereocenters. The minimum Gasteiger partial charge on any atom is -0.356 e. The Morgan fingerprint density at radius 2 is 1.70 bits per heavy atom. The first-order valence-corrected chi connectivity index (χ1v) is 10.1. The molecule has 6 nitrogen and oxygen atoms in total. The van der Waals surface area contributed by atoms with Gasteiger partial charge in [0.2, 0.25) is 0 Å². The van der Waals surface area contributed by atoms with E-state index in [4.69, 9.17) is 0 Å². The van der Waals surface area contributed by atoms with E-state index in [2.05, 4.69) is 25.5 Å². The summed E-state index contributed by atoms with van der Waals surface area (Å²) in [5.41, 5.74) is 1.75. The summed E-state index contributed by atoms with van der Waals surface area (Å²) in [7, 11) is 0. The fourth-order valence-corrected chi connectivity index (χ4v) is 3.52. The molecule has 1 amide bonds. The zero-order valence-corrected chi connectivity index (χ0v) is 16.9. The lowest BCUT2D eigenvalue weighted by atomic mass is 10.1. The van der Waals surface area contributed by atoms with Gasteiger partial charge in [0.15, 0.2) is 0 Å². The summed E-state index contributed by atoms with van der Waals surface area (Å²) < 4.78 is 13.3. The molecule has 2 N–H and O–H groups in total. The number of aromatic nitrogens is 2. The van der Waals surface area contributed by atoms with E-state index < -0.39 is 5.82 Å². The van der Waals surface area contributed by atoms with E-state index in [-0.39, 0.29) is 11.5 Å². The SMILES string of the molecule is Cc1nc(Nc2ccc(NC(=O)c3cccc(F)c3)cc2)cc(N2CCCCC2)n1. The van der Waals surface area contributed by atoms with Crippen molar-refractivity contribution in [2.45, 2.75) is 26.2 Å². The number of hydrogen-bond acceptors (Lipinski definition) is 5. The minimum atomic E-state index is -0.439. The van der Waals surface area contributed by atoms with Gasteiger partial charge in [0.25, 0.3) is 5.91 Å². The van der Waals surface area contributed by atoms with Gasteiger partial charge < -0.3 is 15.5 Å². The van der Waals surface area contributed by atoms with E-state index in [1.54, 1.807) is 18.2 Å². The Hall–Kier alpha value is -3.48. The van der Waals surface area contributed by atoms with Crippen LogP contribution in [0.15, 0.2) is 54.6 Å². The van der Waals surface area contributed by atoms with Crippen molar-refractivity contribution in [2.75, 3.05) is 28.6 Å². The number of halogens is 1. The van der Waals surface area contributed by atoms with Crippen molar-refractivity contribution >= 4 is 28.9 Å². The first-order chi connectivity index (χ1) is 14.6. The number of piperidine rings is 1. The molecule has 1 saturated heterocycles. The van der Waals surface area contributed by atoms with Crippen LogP contribution in [0.2, 0.25) is 0 Å². The molecule has 154 valence electrons. The molecule has 2 aromatic carbocycles. The molecule has 7 heteroatoms. The first kappa shape index (κ1) is 19.8. The summed E-state index contributed by atoms with van der Waals surface area (Å²) in [6, 6.07) is 14.9. The maximum Gasteiger partial charge on any atom is 0.255 e. The number of rotatable bonds is 5. The van der Waals surface area contributed by atoms with Gasteiger partial charge in [-0.2, -0.15) is 0 Å². The summed E-state index contributed by atoms with van der Waals surface area (Å²) in [5.74, 6) is 1.61. The Balaban J connectivity index is 1.43. The number of amides is 1. The zero-order chi connectivity index (χ0) is 20.9. The molecule has 0 unspecified atom stereocenters. The van der Waals surface area contributed by atoms with Crippen LogP contribution in [0.4, 0.5) is 27.4 Å². The third-order valence-electron chi connectivity index (χ3n) is 5.01. The van der Waals surface area contributed by atoms with Crippen LogP contribution in [-0.4, -0.2) is 29.0 Å². The maximum absolute atomic E-state index is 13.3. The molecule has 0 aliphatic carbocycles. The van der Waals surface area contributed by atoms with Crippen LogP contribution in [0.1, 0.15) is 35.4 Å². The van der Waals surface area contributed by atoms with Crippen LogP contribution in [-0.2, 0) is 0 Å². The van der Waals surface area contributed by atoms with E-state index in [0.29, 0.717) is 5.69 Å². The van der Waals surface area contributed by atoms with Gasteiger partial charge in [-0.05, 0) is 68.7 Å². The molecule has 1 aliphatic heterocycles. The standard InChI is InChI=1S/C23H24FN5O/c1-16-25-21(15-22(26-16)29-12-3-2-4-13-29)27-19-8-10-20(11-9-19)28-23(30)17-6-5-7-18(24)14-17/h5-11,14-15H,2-4,12-13H2,1H3,(H,28,30)(H,25,26,27). The number of hydrogen-bond donors (Lipinski definition) is 2. The number of aryl methyl sites for hydroxylation is 1. The van der Waals surface area contributed by atoms with E-state index >= 15 is 0 Å². The van der Waals surface area contributed by atoms with Crippen molar-refractivity contribution in [1.29, 1.82) is 0 Å². The average Bonchev–Trinajstić information content (AvgIpc) is 2.75. The molecular formula is C23H24FN5O. The van der Waals surface area contributed by atoms with Crippen LogP contribution < -0.4 is 15.5 Å². The topological polar surface area (TPSA) is 70.2 Å². The number of nitrogens with one attached hydrogen (secondary N) is 2. The zero-order valence-electron chi connectivity index (χ0n) is 16.9. The highest BCUT2D eigenvalue weighted by molar-refractivity contribution is 6.04. The Morgan fingerprint density at radius 3 is 2.43 bits per heavy atom. The average molecular weight is 405 g/mol. The minimum absolute atomic E-state index is 0.277. The summed E-state index contributed by atoms with van der Waals surface area (Å²) in [6.07, 6.45) is 3.65. The van der Waals surface area contributed by atoms with Crippen molar-refractivity contribution in [3.63, 3.8) is 0 Å². The van der Waals surface area contributed by atoms with Crippen molar-refractivity contribution < 1.29 is 9.18 Å². The van der Waals surface area contributed by atoms with Gasteiger partial charge in [0.05, 0.1) is 0 Å². The highest BCUT2D eigenvalue weighted by Gasteiger charge is 2.14. The van der Waals surface area contributed by atoms with Crippen molar-refractivity contribution in [3.8, 4) is 0 Å². The number of carbonyl (C=O) groups is 1. The quantitative estimate of drug-likeness (QED) is 0.631. The second kappa shape index (κ2) is 8.90. The number of anilines is 4. The maximum atomic E-state index is 13.3. The van der Waals surface area contributed by atoms with E-state index in [1.807, 2.05) is 25.1 Å². The lowest BCUT2D eigenvalue weighted by Gasteiger charge is -2.28. The van der Waals surface area contributed by atoms with Crippen LogP contribution in [0.5, 0.6) is 0 Å². The van der Waals surface area contributed by atoms with E-state index in [9.17, 15) is 9.18 Å². The second-order valence-corrected chi connectivity index (χ2v) is 7.37. The fraction of sp³-hybridized carbons (Fsp3) is 0.261. The predicted molar refractivity (Wildman–Crippen MR) is 117 cm³/mol. The molecule has 0 radical (unpaired) electrons. The second-order valence-electron chi connectivity index (χ2n) is 7.37. The van der Waals surface area contributed by atoms with Gasteiger partial charge in [-0.3, -0.25) is 4.79 Å². The molecule has 4 rings (SSSR count). The molecule has 30 heavy (non-hydrogen) atoms. The van der Waals surface area contributed by atoms with Gasteiger partial charge in [0.1, 0.15) is 23.3 Å². The predicted octanol–water partition coefficient (Wildman–Crippen LogP) is 4.91. The van der Waals surface area contributed by atoms with Crippen molar-refractivity contribution in [3.05, 3.63) is 71.8 Å². The number of nitrogens with zero attached hydrogens (tertiary/aromatic N) is 3. The molecule has 1 aromatic heterocycles. The molecule has 1 fully saturated rings. The monoisotopic (exact) mass is 405 g/mol. The first-order valence-electron chi connectivity index (χ1n) is 10.1. The lowest BCUT2D eigenvalue weighted by molar-refractivity contribution is 0.102. The summed E-state index contributed by atoms with van der Waals surface area (Å²) in [5, 5.41) is 6.08.